The summed E-state index contributed by atoms with van der Waals surface area (Å²) in [6.45, 7) is 6.81. The van der Waals surface area contributed by atoms with Crippen molar-refractivity contribution in [3.05, 3.63) is 54.1 Å². The van der Waals surface area contributed by atoms with Crippen molar-refractivity contribution in [3.8, 4) is 5.75 Å². The highest BCUT2D eigenvalue weighted by Crippen LogP contribution is 2.22. The smallest absolute Gasteiger partial charge is 0.255 e. The molecule has 0 bridgehead atoms. The predicted octanol–water partition coefficient (Wildman–Crippen LogP) is 3.14. The third-order valence-corrected chi connectivity index (χ3v) is 6.41. The van der Waals surface area contributed by atoms with E-state index in [2.05, 4.69) is 5.32 Å². The second kappa shape index (κ2) is 8.94. The van der Waals surface area contributed by atoms with E-state index >= 15 is 0 Å². The minimum atomic E-state index is -3.63. The molecule has 29 heavy (non-hydrogen) atoms. The summed E-state index contributed by atoms with van der Waals surface area (Å²) in [6.07, 6.45) is -0.319. The van der Waals surface area contributed by atoms with Crippen LogP contribution in [0.5, 0.6) is 5.75 Å². The average molecular weight is 419 g/mol. The van der Waals surface area contributed by atoms with Gasteiger partial charge in [-0.1, -0.05) is 0 Å². The molecule has 1 heterocycles. The van der Waals surface area contributed by atoms with Crippen molar-refractivity contribution in [3.63, 3.8) is 0 Å². The quantitative estimate of drug-likeness (QED) is 0.779. The summed E-state index contributed by atoms with van der Waals surface area (Å²) in [5.41, 5.74) is 1.01. The van der Waals surface area contributed by atoms with E-state index in [1.54, 1.807) is 24.3 Å². The number of nitrogens with zero attached hydrogens (tertiary/aromatic N) is 1. The van der Waals surface area contributed by atoms with Gasteiger partial charge in [-0.2, -0.15) is 4.31 Å². The maximum Gasteiger partial charge on any atom is 0.255 e. The molecule has 1 N–H and O–H groups in total. The highest BCUT2D eigenvalue weighted by molar-refractivity contribution is 7.89. The molecule has 7 nitrogen and oxygen atoms in total. The Hall–Kier alpha value is -2.42. The summed E-state index contributed by atoms with van der Waals surface area (Å²) in [7, 11) is -3.63. The highest BCUT2D eigenvalue weighted by Gasteiger charge is 2.32. The Morgan fingerprint density at radius 3 is 2.21 bits per heavy atom. The van der Waals surface area contributed by atoms with E-state index < -0.39 is 10.0 Å². The van der Waals surface area contributed by atoms with Crippen LogP contribution in [0.2, 0.25) is 0 Å². The van der Waals surface area contributed by atoms with Gasteiger partial charge < -0.3 is 14.8 Å². The maximum atomic E-state index is 12.9. The predicted molar refractivity (Wildman–Crippen MR) is 111 cm³/mol. The Bertz CT molecular complexity index is 932. The number of anilines is 1. The minimum absolute atomic E-state index is 0.160. The zero-order valence-electron chi connectivity index (χ0n) is 16.8. The van der Waals surface area contributed by atoms with Gasteiger partial charge >= 0.3 is 0 Å². The first kappa shape index (κ1) is 21.3. The van der Waals surface area contributed by atoms with Crippen LogP contribution in [-0.4, -0.2) is 50.5 Å². The molecule has 0 radical (unpaired) electrons. The summed E-state index contributed by atoms with van der Waals surface area (Å²) >= 11 is 0. The van der Waals surface area contributed by atoms with Crippen LogP contribution >= 0.6 is 0 Å². The third-order valence-electron chi connectivity index (χ3n) is 4.56. The normalized spacial score (nSPS) is 20.2. The lowest BCUT2D eigenvalue weighted by atomic mass is 10.2. The van der Waals surface area contributed by atoms with Crippen molar-refractivity contribution in [2.75, 3.05) is 25.0 Å². The van der Waals surface area contributed by atoms with Gasteiger partial charge in [0.1, 0.15) is 5.75 Å². The molecule has 8 heteroatoms. The molecule has 2 aromatic carbocycles. The fraction of sp³-hybridized carbons (Fsp3) is 0.381. The van der Waals surface area contributed by atoms with E-state index in [0.29, 0.717) is 30.9 Å². The third kappa shape index (κ3) is 5.14. The molecule has 0 spiro atoms. The van der Waals surface area contributed by atoms with E-state index in [1.165, 1.54) is 28.6 Å². The van der Waals surface area contributed by atoms with Crippen LogP contribution in [0.3, 0.4) is 0 Å². The first-order valence-corrected chi connectivity index (χ1v) is 11.0. The van der Waals surface area contributed by atoms with Gasteiger partial charge in [0.15, 0.2) is 0 Å². The number of carbonyl (C=O) groups excluding carboxylic acids is 1. The summed E-state index contributed by atoms with van der Waals surface area (Å²) < 4.78 is 38.2. The minimum Gasteiger partial charge on any atom is -0.494 e. The molecular formula is C21H26N2O5S. The summed E-state index contributed by atoms with van der Waals surface area (Å²) in [4.78, 5) is 12.6. The van der Waals surface area contributed by atoms with Crippen LogP contribution in [0.1, 0.15) is 31.1 Å². The summed E-state index contributed by atoms with van der Waals surface area (Å²) in [5, 5.41) is 2.79. The molecule has 0 aliphatic carbocycles. The maximum absolute atomic E-state index is 12.9. The number of sulfonamides is 1. The molecule has 1 saturated heterocycles. The largest absolute Gasteiger partial charge is 0.494 e. The topological polar surface area (TPSA) is 84.9 Å². The Morgan fingerprint density at radius 1 is 1.07 bits per heavy atom. The second-order valence-corrected chi connectivity index (χ2v) is 8.95. The fourth-order valence-electron chi connectivity index (χ4n) is 3.26. The zero-order valence-corrected chi connectivity index (χ0v) is 17.6. The fourth-order valence-corrected chi connectivity index (χ4v) is 4.85. The molecule has 0 aromatic heterocycles. The van der Waals surface area contributed by atoms with Crippen LogP contribution in [0.4, 0.5) is 5.69 Å². The van der Waals surface area contributed by atoms with Crippen LogP contribution in [0.25, 0.3) is 0 Å². The van der Waals surface area contributed by atoms with Crippen molar-refractivity contribution in [2.45, 2.75) is 37.9 Å². The molecule has 1 fully saturated rings. The van der Waals surface area contributed by atoms with Crippen molar-refractivity contribution >= 4 is 21.6 Å². The summed E-state index contributed by atoms with van der Waals surface area (Å²) in [5.74, 6) is 0.415. The van der Waals surface area contributed by atoms with Crippen LogP contribution in [0.15, 0.2) is 53.4 Å². The van der Waals surface area contributed by atoms with Gasteiger partial charge in [0.2, 0.25) is 10.0 Å². The number of benzene rings is 2. The molecular weight excluding hydrogens is 392 g/mol. The molecule has 2 aromatic rings. The van der Waals surface area contributed by atoms with E-state index in [-0.39, 0.29) is 23.0 Å². The standard InChI is InChI=1S/C21H26N2O5S/c1-4-27-19-9-7-18(8-10-19)22-21(24)17-5-11-20(12-6-17)29(25,26)23-13-15(2)28-16(3)14-23/h5-12,15-16H,4,13-14H2,1-3H3,(H,22,24)/t15-,16+. The Kier molecular flexibility index (Phi) is 6.56. The number of ether oxygens (including phenoxy) is 2. The summed E-state index contributed by atoms with van der Waals surface area (Å²) in [6, 6.07) is 13.0. The molecule has 0 unspecified atom stereocenters. The van der Waals surface area contributed by atoms with Gasteiger partial charge in [-0.3, -0.25) is 4.79 Å². The zero-order chi connectivity index (χ0) is 21.0. The van der Waals surface area contributed by atoms with Gasteiger partial charge in [-0.05, 0) is 69.3 Å². The Balaban J connectivity index is 1.69. The van der Waals surface area contributed by atoms with Crippen LogP contribution in [-0.2, 0) is 14.8 Å². The Morgan fingerprint density at radius 2 is 1.66 bits per heavy atom. The highest BCUT2D eigenvalue weighted by atomic mass is 32.2. The average Bonchev–Trinajstić information content (AvgIpc) is 2.69. The van der Waals surface area contributed by atoms with Crippen LogP contribution < -0.4 is 10.1 Å². The van der Waals surface area contributed by atoms with Gasteiger partial charge in [-0.15, -0.1) is 0 Å². The number of morpholine rings is 1. The van der Waals surface area contributed by atoms with Gasteiger partial charge in [0.05, 0.1) is 23.7 Å². The van der Waals surface area contributed by atoms with E-state index in [0.717, 1.165) is 5.75 Å². The Labute approximate surface area is 171 Å². The molecule has 1 amide bonds. The van der Waals surface area contributed by atoms with Crippen molar-refractivity contribution in [1.82, 2.24) is 4.31 Å². The van der Waals surface area contributed by atoms with Crippen molar-refractivity contribution in [2.24, 2.45) is 0 Å². The first-order valence-electron chi connectivity index (χ1n) is 9.59. The molecule has 1 aliphatic heterocycles. The van der Waals surface area contributed by atoms with Crippen molar-refractivity contribution < 1.29 is 22.7 Å². The SMILES string of the molecule is CCOc1ccc(NC(=O)c2ccc(S(=O)(=O)N3C[C@@H](C)O[C@@H](C)C3)cc2)cc1. The number of amides is 1. The molecule has 2 atom stereocenters. The number of nitrogens with one attached hydrogen (secondary N) is 1. The number of hydrogen-bond acceptors (Lipinski definition) is 5. The number of hydrogen-bond donors (Lipinski definition) is 1. The van der Waals surface area contributed by atoms with Crippen LogP contribution in [0, 0.1) is 0 Å². The van der Waals surface area contributed by atoms with E-state index in [1.807, 2.05) is 20.8 Å². The van der Waals surface area contributed by atoms with E-state index in [4.69, 9.17) is 9.47 Å². The monoisotopic (exact) mass is 418 g/mol. The number of carbonyl (C=O) groups is 1. The van der Waals surface area contributed by atoms with Gasteiger partial charge in [0, 0.05) is 24.3 Å². The number of rotatable bonds is 6. The molecule has 0 saturated carbocycles. The second-order valence-electron chi connectivity index (χ2n) is 7.02. The molecule has 156 valence electrons. The van der Waals surface area contributed by atoms with Gasteiger partial charge in [-0.25, -0.2) is 8.42 Å². The molecule has 1 aliphatic rings. The lowest BCUT2D eigenvalue weighted by Crippen LogP contribution is -2.48. The first-order chi connectivity index (χ1) is 13.8. The lowest BCUT2D eigenvalue weighted by Gasteiger charge is -2.34. The molecule has 3 rings (SSSR count). The lowest BCUT2D eigenvalue weighted by molar-refractivity contribution is -0.0440. The van der Waals surface area contributed by atoms with E-state index in [9.17, 15) is 13.2 Å². The van der Waals surface area contributed by atoms with Gasteiger partial charge in [0.25, 0.3) is 5.91 Å². The van der Waals surface area contributed by atoms with Crippen molar-refractivity contribution in [1.29, 1.82) is 0 Å².